The van der Waals surface area contributed by atoms with E-state index in [-0.39, 0.29) is 17.9 Å². The minimum absolute atomic E-state index is 0.0218. The molecule has 1 aromatic carbocycles. The van der Waals surface area contributed by atoms with E-state index in [1.54, 1.807) is 25.3 Å². The quantitative estimate of drug-likeness (QED) is 0.756. The lowest BCUT2D eigenvalue weighted by molar-refractivity contribution is -0.117. The number of benzene rings is 1. The molecule has 0 aromatic heterocycles. The highest BCUT2D eigenvalue weighted by molar-refractivity contribution is 6.32. The van der Waals surface area contributed by atoms with Gasteiger partial charge < -0.3 is 20.5 Å². The Labute approximate surface area is 136 Å². The van der Waals surface area contributed by atoms with Crippen LogP contribution in [0, 0.1) is 5.92 Å². The second-order valence-corrected chi connectivity index (χ2v) is 6.00. The molecule has 0 aliphatic heterocycles. The Hall–Kier alpha value is -1.30. The summed E-state index contributed by atoms with van der Waals surface area (Å²) < 4.78 is 10.4. The molecule has 0 unspecified atom stereocenters. The fourth-order valence-corrected chi connectivity index (χ4v) is 2.93. The molecule has 122 valence electrons. The zero-order valence-electron chi connectivity index (χ0n) is 12.8. The summed E-state index contributed by atoms with van der Waals surface area (Å²) in [7, 11) is 1.61. The van der Waals surface area contributed by atoms with Gasteiger partial charge in [0.1, 0.15) is 12.4 Å². The summed E-state index contributed by atoms with van der Waals surface area (Å²) in [5.41, 5.74) is 6.66. The van der Waals surface area contributed by atoms with Crippen LogP contribution in [0.2, 0.25) is 5.02 Å². The standard InChI is InChI=1S/C16H23ClN2O3/c1-21-7-8-22-15-6-5-12(10-13(15)17)19-16(20)9-11-3-2-4-14(11)18/h5-6,10-11,14H,2-4,7-9,18H2,1H3,(H,19,20)/t11-,14+/m0/s1. The van der Waals surface area contributed by atoms with Gasteiger partial charge in [0.15, 0.2) is 0 Å². The van der Waals surface area contributed by atoms with Gasteiger partial charge in [0, 0.05) is 25.3 Å². The van der Waals surface area contributed by atoms with Crippen molar-refractivity contribution < 1.29 is 14.3 Å². The van der Waals surface area contributed by atoms with E-state index in [1.807, 2.05) is 0 Å². The van der Waals surface area contributed by atoms with Crippen LogP contribution in [0.3, 0.4) is 0 Å². The van der Waals surface area contributed by atoms with Gasteiger partial charge in [-0.15, -0.1) is 0 Å². The SMILES string of the molecule is COCCOc1ccc(NC(=O)C[C@@H]2CCC[C@H]2N)cc1Cl. The van der Waals surface area contributed by atoms with Crippen molar-refractivity contribution in [3.8, 4) is 5.75 Å². The third kappa shape index (κ3) is 4.87. The van der Waals surface area contributed by atoms with Gasteiger partial charge in [-0.3, -0.25) is 4.79 Å². The molecule has 1 fully saturated rings. The van der Waals surface area contributed by atoms with E-state index in [4.69, 9.17) is 26.8 Å². The van der Waals surface area contributed by atoms with E-state index in [2.05, 4.69) is 5.32 Å². The first-order chi connectivity index (χ1) is 10.6. The minimum Gasteiger partial charge on any atom is -0.490 e. The van der Waals surface area contributed by atoms with Crippen LogP contribution < -0.4 is 15.8 Å². The average Bonchev–Trinajstić information content (AvgIpc) is 2.87. The van der Waals surface area contributed by atoms with Crippen LogP contribution in [-0.4, -0.2) is 32.3 Å². The van der Waals surface area contributed by atoms with E-state index < -0.39 is 0 Å². The number of methoxy groups -OCH3 is 1. The minimum atomic E-state index is -0.0218. The topological polar surface area (TPSA) is 73.6 Å². The van der Waals surface area contributed by atoms with Gasteiger partial charge in [-0.05, 0) is 37.0 Å². The number of rotatable bonds is 7. The van der Waals surface area contributed by atoms with Crippen LogP contribution >= 0.6 is 11.6 Å². The lowest BCUT2D eigenvalue weighted by atomic mass is 10.00. The van der Waals surface area contributed by atoms with Crippen molar-refractivity contribution in [3.05, 3.63) is 23.2 Å². The van der Waals surface area contributed by atoms with E-state index >= 15 is 0 Å². The van der Waals surface area contributed by atoms with Crippen LogP contribution in [0.1, 0.15) is 25.7 Å². The third-order valence-corrected chi connectivity index (χ3v) is 4.22. The maximum Gasteiger partial charge on any atom is 0.224 e. The lowest BCUT2D eigenvalue weighted by Crippen LogP contribution is -2.28. The van der Waals surface area contributed by atoms with Crippen molar-refractivity contribution in [2.45, 2.75) is 31.7 Å². The Balaban J connectivity index is 1.87. The van der Waals surface area contributed by atoms with Crippen molar-refractivity contribution in [3.63, 3.8) is 0 Å². The molecule has 3 N–H and O–H groups in total. The van der Waals surface area contributed by atoms with Crippen LogP contribution in [0.15, 0.2) is 18.2 Å². The number of halogens is 1. The molecule has 5 nitrogen and oxygen atoms in total. The zero-order chi connectivity index (χ0) is 15.9. The highest BCUT2D eigenvalue weighted by Gasteiger charge is 2.26. The molecule has 0 radical (unpaired) electrons. The number of nitrogens with two attached hydrogens (primary N) is 1. The van der Waals surface area contributed by atoms with Gasteiger partial charge >= 0.3 is 0 Å². The predicted molar refractivity (Wildman–Crippen MR) is 87.4 cm³/mol. The van der Waals surface area contributed by atoms with E-state index in [0.29, 0.717) is 36.1 Å². The fourth-order valence-electron chi connectivity index (χ4n) is 2.70. The molecule has 2 rings (SSSR count). The van der Waals surface area contributed by atoms with Gasteiger partial charge in [0.2, 0.25) is 5.91 Å². The van der Waals surface area contributed by atoms with Crippen molar-refractivity contribution in [2.75, 3.05) is 25.6 Å². The summed E-state index contributed by atoms with van der Waals surface area (Å²) in [6.45, 7) is 0.929. The number of nitrogens with one attached hydrogen (secondary N) is 1. The van der Waals surface area contributed by atoms with E-state index in [9.17, 15) is 4.79 Å². The van der Waals surface area contributed by atoms with Crippen molar-refractivity contribution in [1.82, 2.24) is 0 Å². The number of carbonyl (C=O) groups excluding carboxylic acids is 1. The average molecular weight is 327 g/mol. The molecule has 1 aliphatic carbocycles. The normalized spacial score (nSPS) is 20.9. The first-order valence-corrected chi connectivity index (χ1v) is 7.94. The zero-order valence-corrected chi connectivity index (χ0v) is 13.6. The lowest BCUT2D eigenvalue weighted by Gasteiger charge is -2.15. The molecule has 0 bridgehead atoms. The molecule has 1 aliphatic rings. The molecule has 2 atom stereocenters. The maximum atomic E-state index is 12.1. The molecule has 1 saturated carbocycles. The van der Waals surface area contributed by atoms with Gasteiger partial charge in [-0.25, -0.2) is 0 Å². The molecule has 6 heteroatoms. The van der Waals surface area contributed by atoms with Crippen LogP contribution in [0.5, 0.6) is 5.75 Å². The van der Waals surface area contributed by atoms with Gasteiger partial charge in [-0.2, -0.15) is 0 Å². The van der Waals surface area contributed by atoms with Crippen molar-refractivity contribution >= 4 is 23.2 Å². The van der Waals surface area contributed by atoms with E-state index in [1.165, 1.54) is 0 Å². The van der Waals surface area contributed by atoms with E-state index in [0.717, 1.165) is 19.3 Å². The number of hydrogen-bond donors (Lipinski definition) is 2. The first-order valence-electron chi connectivity index (χ1n) is 7.57. The van der Waals surface area contributed by atoms with Crippen LogP contribution in [-0.2, 0) is 9.53 Å². The van der Waals surface area contributed by atoms with Crippen molar-refractivity contribution in [2.24, 2.45) is 11.7 Å². The molecule has 1 aromatic rings. The fraction of sp³-hybridized carbons (Fsp3) is 0.562. The van der Waals surface area contributed by atoms with Gasteiger partial charge in [0.25, 0.3) is 0 Å². The van der Waals surface area contributed by atoms with Crippen LogP contribution in [0.4, 0.5) is 5.69 Å². The van der Waals surface area contributed by atoms with Gasteiger partial charge in [-0.1, -0.05) is 18.0 Å². The van der Waals surface area contributed by atoms with Gasteiger partial charge in [0.05, 0.1) is 11.6 Å². The Kier molecular flexibility index (Phi) is 6.49. The summed E-state index contributed by atoms with van der Waals surface area (Å²) in [5, 5.41) is 3.33. The summed E-state index contributed by atoms with van der Waals surface area (Å²) in [6.07, 6.45) is 3.61. The van der Waals surface area contributed by atoms with Crippen molar-refractivity contribution in [1.29, 1.82) is 0 Å². The summed E-state index contributed by atoms with van der Waals surface area (Å²) in [4.78, 5) is 12.1. The number of amides is 1. The Morgan fingerprint density at radius 2 is 2.23 bits per heavy atom. The smallest absolute Gasteiger partial charge is 0.224 e. The summed E-state index contributed by atoms with van der Waals surface area (Å²) in [6, 6.07) is 5.36. The first kappa shape index (κ1) is 17.1. The number of carbonyl (C=O) groups is 1. The number of hydrogen-bond acceptors (Lipinski definition) is 4. The largest absolute Gasteiger partial charge is 0.490 e. The number of anilines is 1. The Bertz CT molecular complexity index is 510. The highest BCUT2D eigenvalue weighted by Crippen LogP contribution is 2.29. The van der Waals surface area contributed by atoms with Crippen LogP contribution in [0.25, 0.3) is 0 Å². The Morgan fingerprint density at radius 1 is 1.41 bits per heavy atom. The second kappa shape index (κ2) is 8.36. The molecular formula is C16H23ClN2O3. The maximum absolute atomic E-state index is 12.1. The second-order valence-electron chi connectivity index (χ2n) is 5.59. The molecule has 22 heavy (non-hydrogen) atoms. The molecule has 0 heterocycles. The predicted octanol–water partition coefficient (Wildman–Crippen LogP) is 2.82. The summed E-state index contributed by atoms with van der Waals surface area (Å²) >= 11 is 6.15. The molecular weight excluding hydrogens is 304 g/mol. The highest BCUT2D eigenvalue weighted by atomic mass is 35.5. The Morgan fingerprint density at radius 3 is 2.86 bits per heavy atom. The molecule has 0 spiro atoms. The summed E-state index contributed by atoms with van der Waals surface area (Å²) in [5.74, 6) is 0.841. The monoisotopic (exact) mass is 326 g/mol. The third-order valence-electron chi connectivity index (χ3n) is 3.93. The molecule has 0 saturated heterocycles. The molecule has 1 amide bonds. The number of ether oxygens (including phenoxy) is 2.